The van der Waals surface area contributed by atoms with Crippen molar-refractivity contribution in [3.63, 3.8) is 0 Å². The predicted molar refractivity (Wildman–Crippen MR) is 122 cm³/mol. The van der Waals surface area contributed by atoms with E-state index >= 15 is 0 Å². The first kappa shape index (κ1) is 24.6. The van der Waals surface area contributed by atoms with E-state index in [1.54, 1.807) is 23.5 Å². The zero-order valence-electron chi connectivity index (χ0n) is 15.2. The van der Waals surface area contributed by atoms with Crippen LogP contribution >= 0.6 is 66.7 Å². The molecule has 2 amide bonds. The number of benzene rings is 2. The molecule has 1 fully saturated rings. The van der Waals surface area contributed by atoms with Crippen molar-refractivity contribution in [1.29, 1.82) is 0 Å². The van der Waals surface area contributed by atoms with Gasteiger partial charge in [-0.3, -0.25) is 9.59 Å². The second-order valence-corrected chi connectivity index (χ2v) is 11.8. The Kier molecular flexibility index (Phi) is 7.23. The molecule has 2 atom stereocenters. The predicted octanol–water partition coefficient (Wildman–Crippen LogP) is 6.78. The van der Waals surface area contributed by atoms with Crippen LogP contribution in [0.2, 0.25) is 15.1 Å². The van der Waals surface area contributed by atoms with Crippen LogP contribution in [0.25, 0.3) is 0 Å². The van der Waals surface area contributed by atoms with Crippen LogP contribution in [-0.2, 0) is 4.79 Å². The van der Waals surface area contributed by atoms with Crippen molar-refractivity contribution in [3.8, 4) is 0 Å². The van der Waals surface area contributed by atoms with E-state index < -0.39 is 27.8 Å². The van der Waals surface area contributed by atoms with Crippen LogP contribution in [0.15, 0.2) is 36.4 Å². The van der Waals surface area contributed by atoms with E-state index in [1.807, 2.05) is 0 Å². The van der Waals surface area contributed by atoms with E-state index in [-0.39, 0.29) is 28.1 Å². The lowest BCUT2D eigenvalue weighted by atomic mass is 10.1. The molecular formula is C19H12Br2Cl3F3N2O2. The van der Waals surface area contributed by atoms with Crippen molar-refractivity contribution in [2.45, 2.75) is 15.3 Å². The van der Waals surface area contributed by atoms with Gasteiger partial charge >= 0.3 is 6.18 Å². The molecule has 1 saturated carbocycles. The molecule has 2 aromatic rings. The average molecular weight is 623 g/mol. The average Bonchev–Trinajstić information content (AvgIpc) is 3.22. The summed E-state index contributed by atoms with van der Waals surface area (Å²) in [6.07, 6.45) is -4.56. The molecule has 2 aromatic carbocycles. The highest BCUT2D eigenvalue weighted by Gasteiger charge is 2.66. The van der Waals surface area contributed by atoms with Gasteiger partial charge in [0.25, 0.3) is 5.91 Å². The molecule has 0 saturated heterocycles. The van der Waals surface area contributed by atoms with Crippen LogP contribution in [0.4, 0.5) is 18.9 Å². The third-order valence-corrected chi connectivity index (χ3v) is 7.25. The number of alkyl halides is 5. The van der Waals surface area contributed by atoms with Gasteiger partial charge in [-0.1, -0.05) is 66.7 Å². The molecule has 1 aliphatic carbocycles. The van der Waals surface area contributed by atoms with Crippen molar-refractivity contribution < 1.29 is 22.8 Å². The van der Waals surface area contributed by atoms with E-state index in [9.17, 15) is 22.8 Å². The Morgan fingerprint density at radius 1 is 1.03 bits per heavy atom. The van der Waals surface area contributed by atoms with E-state index in [2.05, 4.69) is 37.2 Å². The van der Waals surface area contributed by atoms with E-state index in [1.165, 1.54) is 18.2 Å². The van der Waals surface area contributed by atoms with Gasteiger partial charge in [0, 0.05) is 21.7 Å². The largest absolute Gasteiger partial charge is 0.405 e. The van der Waals surface area contributed by atoms with Crippen molar-refractivity contribution in [2.24, 2.45) is 5.92 Å². The Morgan fingerprint density at radius 3 is 2.23 bits per heavy atom. The summed E-state index contributed by atoms with van der Waals surface area (Å²) in [5.74, 6) is -2.24. The van der Waals surface area contributed by atoms with E-state index in [4.69, 9.17) is 34.8 Å². The van der Waals surface area contributed by atoms with Crippen molar-refractivity contribution in [3.05, 3.63) is 62.6 Å². The van der Waals surface area contributed by atoms with Gasteiger partial charge in [-0.2, -0.15) is 13.2 Å². The van der Waals surface area contributed by atoms with Crippen LogP contribution in [0, 0.1) is 5.92 Å². The maximum absolute atomic E-state index is 12.8. The number of carbonyl (C=O) groups excluding carboxylic acids is 2. The fourth-order valence-corrected chi connectivity index (χ4v) is 5.58. The Labute approximate surface area is 207 Å². The standard InChI is InChI=1S/C19H12Br2Cl3F3N2O2/c20-19(21)14(8-3-9(22)5-10(23)4-8)15(19)17(31)29-11-1-2-13(24)12(6-11)16(30)28-7-18(25,26)27/h1-6,14-15H,7H2,(H,28,30)(H,29,31)/t14-,15+/m1/s1. The van der Waals surface area contributed by atoms with Crippen LogP contribution in [0.3, 0.4) is 0 Å². The summed E-state index contributed by atoms with van der Waals surface area (Å²) in [7, 11) is 0. The quantitative estimate of drug-likeness (QED) is 0.361. The van der Waals surface area contributed by atoms with Gasteiger partial charge in [0.05, 0.1) is 16.5 Å². The summed E-state index contributed by atoms with van der Waals surface area (Å²) in [5.41, 5.74) is 0.758. The van der Waals surface area contributed by atoms with Gasteiger partial charge in [0.1, 0.15) is 9.78 Å². The molecule has 0 unspecified atom stereocenters. The molecule has 0 aliphatic heterocycles. The summed E-state index contributed by atoms with van der Waals surface area (Å²) in [6, 6.07) is 8.95. The number of nitrogens with one attached hydrogen (secondary N) is 2. The Bertz CT molecular complexity index is 1030. The maximum Gasteiger partial charge on any atom is 0.405 e. The van der Waals surface area contributed by atoms with Gasteiger partial charge in [-0.05, 0) is 42.0 Å². The molecule has 12 heteroatoms. The fraction of sp³-hybridized carbons (Fsp3) is 0.263. The van der Waals surface area contributed by atoms with Crippen molar-refractivity contribution in [2.75, 3.05) is 11.9 Å². The number of amides is 2. The van der Waals surface area contributed by atoms with Gasteiger partial charge in [0.2, 0.25) is 5.91 Å². The summed E-state index contributed by atoms with van der Waals surface area (Å²) in [4.78, 5) is 24.9. The number of hydrogen-bond donors (Lipinski definition) is 2. The molecule has 4 nitrogen and oxygen atoms in total. The Morgan fingerprint density at radius 2 is 1.65 bits per heavy atom. The molecule has 0 radical (unpaired) electrons. The maximum atomic E-state index is 12.8. The number of carbonyl (C=O) groups is 2. The molecule has 0 aromatic heterocycles. The van der Waals surface area contributed by atoms with Gasteiger partial charge in [0.15, 0.2) is 0 Å². The number of halogens is 8. The highest BCUT2D eigenvalue weighted by molar-refractivity contribution is 9.25. The Balaban J connectivity index is 1.75. The van der Waals surface area contributed by atoms with Crippen molar-refractivity contribution in [1.82, 2.24) is 5.32 Å². The fourth-order valence-electron chi connectivity index (χ4n) is 3.10. The van der Waals surface area contributed by atoms with Gasteiger partial charge in [-0.25, -0.2) is 0 Å². The zero-order valence-corrected chi connectivity index (χ0v) is 20.6. The number of hydrogen-bond acceptors (Lipinski definition) is 2. The topological polar surface area (TPSA) is 58.2 Å². The monoisotopic (exact) mass is 620 g/mol. The number of rotatable bonds is 5. The second-order valence-electron chi connectivity index (χ2n) is 6.81. The molecular weight excluding hydrogens is 611 g/mol. The lowest BCUT2D eigenvalue weighted by molar-refractivity contribution is -0.123. The lowest BCUT2D eigenvalue weighted by Gasteiger charge is -2.11. The third kappa shape index (κ3) is 5.87. The molecule has 1 aliphatic rings. The first-order valence-corrected chi connectivity index (χ1v) is 11.3. The smallest absolute Gasteiger partial charge is 0.343 e. The minimum absolute atomic E-state index is 0.0501. The summed E-state index contributed by atoms with van der Waals surface area (Å²) in [6.45, 7) is -1.50. The molecule has 31 heavy (non-hydrogen) atoms. The SMILES string of the molecule is O=C(NCC(F)(F)F)c1cc(NC(=O)[C@@H]2[C@@H](c3cc(Cl)cc(Cl)c3)C2(Br)Br)ccc1Cl. The summed E-state index contributed by atoms with van der Waals surface area (Å²) in [5, 5.41) is 5.21. The number of anilines is 1. The zero-order chi connectivity index (χ0) is 23.1. The van der Waals surface area contributed by atoms with Crippen LogP contribution in [0.5, 0.6) is 0 Å². The van der Waals surface area contributed by atoms with Crippen LogP contribution in [0.1, 0.15) is 21.8 Å². The first-order valence-electron chi connectivity index (χ1n) is 8.59. The molecule has 2 N–H and O–H groups in total. The second kappa shape index (κ2) is 9.09. The van der Waals surface area contributed by atoms with Gasteiger partial charge < -0.3 is 10.6 Å². The van der Waals surface area contributed by atoms with Gasteiger partial charge in [-0.15, -0.1) is 0 Å². The normalized spacial score (nSPS) is 19.6. The summed E-state index contributed by atoms with van der Waals surface area (Å²) < 4.78 is 36.3. The highest BCUT2D eigenvalue weighted by Crippen LogP contribution is 2.67. The molecule has 3 rings (SSSR count). The van der Waals surface area contributed by atoms with E-state index in [0.29, 0.717) is 10.0 Å². The first-order chi connectivity index (χ1) is 14.3. The van der Waals surface area contributed by atoms with Crippen LogP contribution < -0.4 is 10.6 Å². The Hall–Kier alpha value is -1.000. The third-order valence-electron chi connectivity index (χ3n) is 4.51. The minimum atomic E-state index is -4.56. The molecule has 0 spiro atoms. The molecule has 0 bridgehead atoms. The summed E-state index contributed by atoms with van der Waals surface area (Å²) >= 11 is 25.0. The van der Waals surface area contributed by atoms with Crippen molar-refractivity contribution >= 4 is 84.2 Å². The highest BCUT2D eigenvalue weighted by atomic mass is 79.9. The lowest BCUT2D eigenvalue weighted by Crippen LogP contribution is -2.33. The molecule has 166 valence electrons. The molecule has 0 heterocycles. The van der Waals surface area contributed by atoms with Crippen LogP contribution in [-0.4, -0.2) is 27.8 Å². The van der Waals surface area contributed by atoms with E-state index in [0.717, 1.165) is 5.56 Å². The minimum Gasteiger partial charge on any atom is -0.343 e.